The van der Waals surface area contributed by atoms with Crippen LogP contribution in [0.3, 0.4) is 0 Å². The maximum atomic E-state index is 12.6. The van der Waals surface area contributed by atoms with Crippen LogP contribution in [0.5, 0.6) is 0 Å². The highest BCUT2D eigenvalue weighted by Crippen LogP contribution is 2.32. The molecule has 204 valence electrons. The predicted molar refractivity (Wildman–Crippen MR) is 159 cm³/mol. The van der Waals surface area contributed by atoms with E-state index in [1.54, 1.807) is 0 Å². The minimum atomic E-state index is -0.415. The molecule has 0 aliphatic carbocycles. The van der Waals surface area contributed by atoms with Gasteiger partial charge in [-0.3, -0.25) is 14.7 Å². The van der Waals surface area contributed by atoms with Crippen molar-refractivity contribution in [2.45, 2.75) is 25.3 Å². The number of likely N-dealkylation sites (tertiary alicyclic amines) is 1. The summed E-state index contributed by atoms with van der Waals surface area (Å²) in [6.45, 7) is 2.86. The van der Waals surface area contributed by atoms with Crippen LogP contribution in [-0.2, 0) is 6.54 Å². The van der Waals surface area contributed by atoms with Crippen molar-refractivity contribution < 1.29 is 0 Å². The van der Waals surface area contributed by atoms with Crippen LogP contribution < -0.4 is 17.0 Å². The molecule has 1 saturated heterocycles. The number of aromatic amines is 3. The van der Waals surface area contributed by atoms with E-state index in [2.05, 4.69) is 49.1 Å². The molecule has 10 nitrogen and oxygen atoms in total. The molecule has 0 unspecified atom stereocenters. The van der Waals surface area contributed by atoms with Crippen molar-refractivity contribution in [3.63, 3.8) is 0 Å². The molecule has 0 radical (unpaired) electrons. The van der Waals surface area contributed by atoms with Crippen LogP contribution in [0.15, 0.2) is 82.4 Å². The van der Waals surface area contributed by atoms with Crippen LogP contribution in [0.4, 0.5) is 5.95 Å². The molecular weight excluding hydrogens is 516 g/mol. The molecule has 4 heterocycles. The zero-order chi connectivity index (χ0) is 27.9. The number of benzene rings is 3. The number of fused-ring (bicyclic) bond motifs is 2. The van der Waals surface area contributed by atoms with Gasteiger partial charge < -0.3 is 15.7 Å². The standard InChI is InChI=1S/C31H28N8O2/c32-30-37-28-27(29(40)38-30)35-25(26(36-28)20-4-2-1-3-5-20)21-8-6-18(7-9-21)17-39-14-12-19(13-15-39)22-10-11-23-24(16-22)34-31(41)33-23/h1-11,16,19H,12-15,17H2,(H2,33,34,41)(H3,32,36,37,38,40). The molecule has 0 saturated carbocycles. The van der Waals surface area contributed by atoms with E-state index in [1.807, 2.05) is 48.5 Å². The van der Waals surface area contributed by atoms with Crippen LogP contribution in [0.25, 0.3) is 44.7 Å². The highest BCUT2D eigenvalue weighted by Gasteiger charge is 2.22. The minimum absolute atomic E-state index is 0.00928. The van der Waals surface area contributed by atoms with Crippen molar-refractivity contribution in [2.75, 3.05) is 18.8 Å². The Kier molecular flexibility index (Phi) is 6.16. The molecule has 5 N–H and O–H groups in total. The van der Waals surface area contributed by atoms with E-state index in [-0.39, 0.29) is 22.8 Å². The zero-order valence-electron chi connectivity index (χ0n) is 22.2. The second-order valence-electron chi connectivity index (χ2n) is 10.5. The van der Waals surface area contributed by atoms with Crippen LogP contribution in [0.2, 0.25) is 0 Å². The molecule has 1 aliphatic heterocycles. The van der Waals surface area contributed by atoms with Crippen LogP contribution in [0, 0.1) is 0 Å². The first-order valence-electron chi connectivity index (χ1n) is 13.7. The average Bonchev–Trinajstić information content (AvgIpc) is 3.37. The fraction of sp³-hybridized carbons (Fsp3) is 0.194. The smallest absolute Gasteiger partial charge is 0.323 e. The van der Waals surface area contributed by atoms with E-state index >= 15 is 0 Å². The van der Waals surface area contributed by atoms with E-state index in [0.717, 1.165) is 54.6 Å². The largest absolute Gasteiger partial charge is 0.369 e. The Morgan fingerprint density at radius 1 is 0.780 bits per heavy atom. The van der Waals surface area contributed by atoms with Crippen molar-refractivity contribution in [1.82, 2.24) is 34.8 Å². The number of aromatic nitrogens is 6. The summed E-state index contributed by atoms with van der Waals surface area (Å²) < 4.78 is 0. The number of H-pyrrole nitrogens is 3. The Balaban J connectivity index is 1.10. The van der Waals surface area contributed by atoms with E-state index in [0.29, 0.717) is 17.3 Å². The lowest BCUT2D eigenvalue weighted by Gasteiger charge is -2.32. The molecule has 1 fully saturated rings. The number of nitrogen functional groups attached to an aromatic ring is 1. The van der Waals surface area contributed by atoms with Gasteiger partial charge in [-0.25, -0.2) is 14.8 Å². The van der Waals surface area contributed by atoms with Crippen LogP contribution >= 0.6 is 0 Å². The molecule has 6 aromatic rings. The molecule has 3 aromatic heterocycles. The van der Waals surface area contributed by atoms with Crippen molar-refractivity contribution in [1.29, 1.82) is 0 Å². The van der Waals surface area contributed by atoms with Gasteiger partial charge in [-0.15, -0.1) is 0 Å². The summed E-state index contributed by atoms with van der Waals surface area (Å²) in [6.07, 6.45) is 2.14. The first kappa shape index (κ1) is 24.9. The molecule has 0 spiro atoms. The van der Waals surface area contributed by atoms with Crippen molar-refractivity contribution in [3.8, 4) is 22.5 Å². The molecular formula is C31H28N8O2. The summed E-state index contributed by atoms with van der Waals surface area (Å²) in [5.41, 5.74) is 12.8. The maximum absolute atomic E-state index is 12.6. The van der Waals surface area contributed by atoms with Gasteiger partial charge in [0, 0.05) is 17.7 Å². The third kappa shape index (κ3) is 4.89. The van der Waals surface area contributed by atoms with Gasteiger partial charge >= 0.3 is 5.69 Å². The Morgan fingerprint density at radius 3 is 2.27 bits per heavy atom. The molecule has 10 heteroatoms. The number of nitrogens with two attached hydrogens (primary N) is 1. The van der Waals surface area contributed by atoms with Gasteiger partial charge in [0.05, 0.1) is 22.4 Å². The van der Waals surface area contributed by atoms with Gasteiger partial charge in [-0.05, 0) is 55.1 Å². The fourth-order valence-electron chi connectivity index (χ4n) is 5.73. The van der Waals surface area contributed by atoms with Gasteiger partial charge in [0.25, 0.3) is 5.56 Å². The van der Waals surface area contributed by atoms with E-state index in [9.17, 15) is 9.59 Å². The fourth-order valence-corrected chi connectivity index (χ4v) is 5.73. The Morgan fingerprint density at radius 2 is 1.49 bits per heavy atom. The maximum Gasteiger partial charge on any atom is 0.323 e. The summed E-state index contributed by atoms with van der Waals surface area (Å²) >= 11 is 0. The lowest BCUT2D eigenvalue weighted by molar-refractivity contribution is 0.204. The monoisotopic (exact) mass is 544 g/mol. The normalized spacial score (nSPS) is 14.6. The van der Waals surface area contributed by atoms with Crippen molar-refractivity contribution >= 4 is 28.1 Å². The summed E-state index contributed by atoms with van der Waals surface area (Å²) in [6, 6.07) is 24.3. The van der Waals surface area contributed by atoms with Gasteiger partial charge in [0.2, 0.25) is 5.95 Å². The SMILES string of the molecule is Nc1nc2nc(-c3ccccc3)c(-c3ccc(CN4CCC(c5ccc6[nH]c(=O)[nH]c6c5)CC4)cc3)nc2c(=O)[nH]1. The Bertz CT molecular complexity index is 1990. The lowest BCUT2D eigenvalue weighted by Crippen LogP contribution is -2.32. The molecule has 3 aromatic carbocycles. The van der Waals surface area contributed by atoms with E-state index in [1.165, 1.54) is 11.1 Å². The molecule has 1 aliphatic rings. The second kappa shape index (κ2) is 10.1. The van der Waals surface area contributed by atoms with Gasteiger partial charge in [0.15, 0.2) is 11.2 Å². The Hall–Kier alpha value is -5.09. The molecule has 0 amide bonds. The zero-order valence-corrected chi connectivity index (χ0v) is 22.2. The highest BCUT2D eigenvalue weighted by atomic mass is 16.1. The van der Waals surface area contributed by atoms with Gasteiger partial charge in [-0.2, -0.15) is 4.98 Å². The molecule has 0 atom stereocenters. The number of hydrogen-bond acceptors (Lipinski definition) is 7. The number of nitrogens with zero attached hydrogens (tertiary/aromatic N) is 4. The quantitative estimate of drug-likeness (QED) is 0.254. The number of rotatable bonds is 5. The van der Waals surface area contributed by atoms with Crippen LogP contribution in [-0.4, -0.2) is 47.9 Å². The first-order valence-corrected chi connectivity index (χ1v) is 13.7. The molecule has 0 bridgehead atoms. The number of imidazole rings is 1. The highest BCUT2D eigenvalue weighted by molar-refractivity contribution is 5.84. The van der Waals surface area contributed by atoms with Crippen molar-refractivity contribution in [3.05, 3.63) is 105 Å². The van der Waals surface area contributed by atoms with Crippen LogP contribution in [0.1, 0.15) is 29.9 Å². The number of nitrogens with one attached hydrogen (secondary N) is 3. The second-order valence-corrected chi connectivity index (χ2v) is 10.5. The van der Waals surface area contributed by atoms with E-state index < -0.39 is 5.56 Å². The Labute approximate surface area is 234 Å². The molecule has 41 heavy (non-hydrogen) atoms. The number of hydrogen-bond donors (Lipinski definition) is 4. The number of piperidine rings is 1. The lowest BCUT2D eigenvalue weighted by atomic mass is 9.89. The van der Waals surface area contributed by atoms with Gasteiger partial charge in [0.1, 0.15) is 0 Å². The van der Waals surface area contributed by atoms with E-state index in [4.69, 9.17) is 15.7 Å². The van der Waals surface area contributed by atoms with Crippen molar-refractivity contribution in [2.24, 2.45) is 0 Å². The topological polar surface area (TPSA) is 149 Å². The average molecular weight is 545 g/mol. The van der Waals surface area contributed by atoms with Gasteiger partial charge in [-0.1, -0.05) is 60.7 Å². The summed E-state index contributed by atoms with van der Waals surface area (Å²) in [5, 5.41) is 0. The first-order chi connectivity index (χ1) is 20.0. The summed E-state index contributed by atoms with van der Waals surface area (Å²) in [4.78, 5) is 48.5. The minimum Gasteiger partial charge on any atom is -0.369 e. The third-order valence-electron chi connectivity index (χ3n) is 7.84. The predicted octanol–water partition coefficient (Wildman–Crippen LogP) is 4.18. The number of anilines is 1. The summed E-state index contributed by atoms with van der Waals surface area (Å²) in [7, 11) is 0. The summed E-state index contributed by atoms with van der Waals surface area (Å²) in [5.74, 6) is 0.488. The molecule has 7 rings (SSSR count). The third-order valence-corrected chi connectivity index (χ3v) is 7.84.